The summed E-state index contributed by atoms with van der Waals surface area (Å²) in [5, 5.41) is 21.5. The number of carbonyl (C=O) groups is 1. The second-order valence-electron chi connectivity index (χ2n) is 5.13. The highest BCUT2D eigenvalue weighted by Gasteiger charge is 2.14. The standard InChI is InChI=1S/C19H17ClN2O4/c1-3-26-18-9-12(16(20)10-17(18)25-2)8-13(11-21)19(24)22-14-4-6-15(23)7-5-14/h4-10,23H,3H2,1-2H3,(H,22,24)/b13-8+. The van der Waals surface area contributed by atoms with Crippen molar-refractivity contribution in [3.8, 4) is 23.3 Å². The Balaban J connectivity index is 2.32. The average molecular weight is 373 g/mol. The lowest BCUT2D eigenvalue weighted by atomic mass is 10.1. The van der Waals surface area contributed by atoms with Crippen LogP contribution in [0, 0.1) is 11.3 Å². The number of hydrogen-bond donors (Lipinski definition) is 2. The summed E-state index contributed by atoms with van der Waals surface area (Å²) in [6.07, 6.45) is 1.38. The lowest BCUT2D eigenvalue weighted by molar-refractivity contribution is -0.112. The van der Waals surface area contributed by atoms with Gasteiger partial charge in [0.25, 0.3) is 5.91 Å². The zero-order valence-corrected chi connectivity index (χ0v) is 15.0. The van der Waals surface area contributed by atoms with Crippen LogP contribution in [-0.4, -0.2) is 24.7 Å². The first kappa shape index (κ1) is 19.2. The Labute approximate surface area is 156 Å². The van der Waals surface area contributed by atoms with Crippen LogP contribution < -0.4 is 14.8 Å². The second-order valence-corrected chi connectivity index (χ2v) is 5.54. The van der Waals surface area contributed by atoms with Crippen LogP contribution in [0.25, 0.3) is 6.08 Å². The first-order valence-electron chi connectivity index (χ1n) is 7.71. The highest BCUT2D eigenvalue weighted by Crippen LogP contribution is 2.34. The molecule has 0 saturated heterocycles. The van der Waals surface area contributed by atoms with Crippen molar-refractivity contribution in [2.24, 2.45) is 0 Å². The van der Waals surface area contributed by atoms with Gasteiger partial charge in [0.1, 0.15) is 17.4 Å². The lowest BCUT2D eigenvalue weighted by Crippen LogP contribution is -2.13. The van der Waals surface area contributed by atoms with Crippen molar-refractivity contribution < 1.29 is 19.4 Å². The van der Waals surface area contributed by atoms with Gasteiger partial charge < -0.3 is 19.9 Å². The van der Waals surface area contributed by atoms with Crippen molar-refractivity contribution in [3.63, 3.8) is 0 Å². The number of carbonyl (C=O) groups excluding carboxylic acids is 1. The molecule has 0 fully saturated rings. The van der Waals surface area contributed by atoms with Crippen LogP contribution in [0.5, 0.6) is 17.2 Å². The van der Waals surface area contributed by atoms with Gasteiger partial charge in [-0.1, -0.05) is 11.6 Å². The predicted molar refractivity (Wildman–Crippen MR) is 99.5 cm³/mol. The van der Waals surface area contributed by atoms with E-state index in [0.29, 0.717) is 34.4 Å². The van der Waals surface area contributed by atoms with Crippen molar-refractivity contribution in [2.75, 3.05) is 19.0 Å². The number of nitrogens with zero attached hydrogens (tertiary/aromatic N) is 1. The molecule has 7 heteroatoms. The number of methoxy groups -OCH3 is 1. The van der Waals surface area contributed by atoms with E-state index >= 15 is 0 Å². The molecule has 1 amide bonds. The molecule has 2 rings (SSSR count). The molecule has 2 aromatic rings. The van der Waals surface area contributed by atoms with Crippen molar-refractivity contribution >= 4 is 29.3 Å². The van der Waals surface area contributed by atoms with Gasteiger partial charge in [-0.2, -0.15) is 5.26 Å². The summed E-state index contributed by atoms with van der Waals surface area (Å²) in [5.41, 5.74) is 0.769. The number of phenolic OH excluding ortho intramolecular Hbond substituents is 1. The average Bonchev–Trinajstić information content (AvgIpc) is 2.63. The van der Waals surface area contributed by atoms with Crippen LogP contribution in [0.1, 0.15) is 12.5 Å². The van der Waals surface area contributed by atoms with E-state index in [4.69, 9.17) is 21.1 Å². The summed E-state index contributed by atoms with van der Waals surface area (Å²) in [6.45, 7) is 2.25. The quantitative estimate of drug-likeness (QED) is 0.454. The third kappa shape index (κ3) is 4.68. The smallest absolute Gasteiger partial charge is 0.266 e. The van der Waals surface area contributed by atoms with Crippen LogP contribution in [0.4, 0.5) is 5.69 Å². The summed E-state index contributed by atoms with van der Waals surface area (Å²) < 4.78 is 10.7. The fraction of sp³-hybridized carbons (Fsp3) is 0.158. The van der Waals surface area contributed by atoms with Crippen LogP contribution in [0.15, 0.2) is 42.0 Å². The lowest BCUT2D eigenvalue weighted by Gasteiger charge is -2.11. The summed E-state index contributed by atoms with van der Waals surface area (Å²) in [6, 6.07) is 10.9. The van der Waals surface area contributed by atoms with Gasteiger partial charge in [0.05, 0.1) is 18.7 Å². The molecule has 0 saturated carbocycles. The Kier molecular flexibility index (Phi) is 6.48. The fourth-order valence-corrected chi connectivity index (χ4v) is 2.34. The van der Waals surface area contributed by atoms with Crippen LogP contribution >= 0.6 is 11.6 Å². The highest BCUT2D eigenvalue weighted by molar-refractivity contribution is 6.32. The van der Waals surface area contributed by atoms with E-state index in [2.05, 4.69) is 5.32 Å². The van der Waals surface area contributed by atoms with Gasteiger partial charge in [-0.3, -0.25) is 4.79 Å². The molecule has 0 aliphatic heterocycles. The minimum absolute atomic E-state index is 0.0764. The van der Waals surface area contributed by atoms with E-state index < -0.39 is 5.91 Å². The summed E-state index contributed by atoms with van der Waals surface area (Å²) in [4.78, 5) is 12.3. The molecule has 134 valence electrons. The maximum Gasteiger partial charge on any atom is 0.266 e. The van der Waals surface area contributed by atoms with Gasteiger partial charge >= 0.3 is 0 Å². The maximum absolute atomic E-state index is 12.3. The zero-order valence-electron chi connectivity index (χ0n) is 14.2. The molecule has 26 heavy (non-hydrogen) atoms. The number of phenols is 1. The van der Waals surface area contributed by atoms with Gasteiger partial charge in [0.15, 0.2) is 11.5 Å². The highest BCUT2D eigenvalue weighted by atomic mass is 35.5. The van der Waals surface area contributed by atoms with E-state index in [0.717, 1.165) is 0 Å². The minimum Gasteiger partial charge on any atom is -0.508 e. The molecule has 2 N–H and O–H groups in total. The van der Waals surface area contributed by atoms with E-state index in [-0.39, 0.29) is 11.3 Å². The van der Waals surface area contributed by atoms with Crippen molar-refractivity contribution in [3.05, 3.63) is 52.6 Å². The van der Waals surface area contributed by atoms with E-state index in [1.807, 2.05) is 13.0 Å². The van der Waals surface area contributed by atoms with Gasteiger partial charge in [0, 0.05) is 11.8 Å². The van der Waals surface area contributed by atoms with Gasteiger partial charge in [-0.05, 0) is 48.9 Å². The molecule has 0 heterocycles. The molecular formula is C19H17ClN2O4. The van der Waals surface area contributed by atoms with Crippen LogP contribution in [0.2, 0.25) is 5.02 Å². The molecular weight excluding hydrogens is 356 g/mol. The topological polar surface area (TPSA) is 91.6 Å². The maximum atomic E-state index is 12.3. The minimum atomic E-state index is -0.594. The molecule has 0 radical (unpaired) electrons. The van der Waals surface area contributed by atoms with E-state index in [1.165, 1.54) is 37.5 Å². The van der Waals surface area contributed by atoms with Crippen LogP contribution in [-0.2, 0) is 4.79 Å². The van der Waals surface area contributed by atoms with E-state index in [9.17, 15) is 15.2 Å². The number of aromatic hydroxyl groups is 1. The van der Waals surface area contributed by atoms with Gasteiger partial charge in [-0.15, -0.1) is 0 Å². The molecule has 0 bridgehead atoms. The number of nitriles is 1. The number of nitrogens with one attached hydrogen (secondary N) is 1. The third-order valence-corrected chi connectivity index (χ3v) is 3.70. The third-order valence-electron chi connectivity index (χ3n) is 3.37. The Bertz CT molecular complexity index is 870. The summed E-state index contributed by atoms with van der Waals surface area (Å²) >= 11 is 6.21. The summed E-state index contributed by atoms with van der Waals surface area (Å²) in [7, 11) is 1.50. The predicted octanol–water partition coefficient (Wildman–Crippen LogP) is 4.00. The largest absolute Gasteiger partial charge is 0.508 e. The van der Waals surface area contributed by atoms with Gasteiger partial charge in [0.2, 0.25) is 0 Å². The molecule has 6 nitrogen and oxygen atoms in total. The molecule has 0 aliphatic rings. The Hall–Kier alpha value is -3.17. The van der Waals surface area contributed by atoms with Crippen molar-refractivity contribution in [1.29, 1.82) is 5.26 Å². The molecule has 0 aromatic heterocycles. The number of anilines is 1. The van der Waals surface area contributed by atoms with Gasteiger partial charge in [-0.25, -0.2) is 0 Å². The normalized spacial score (nSPS) is 10.8. The number of ether oxygens (including phenoxy) is 2. The number of benzene rings is 2. The van der Waals surface area contributed by atoms with Crippen molar-refractivity contribution in [2.45, 2.75) is 6.92 Å². The molecule has 0 spiro atoms. The number of rotatable bonds is 6. The Morgan fingerprint density at radius 2 is 2.00 bits per heavy atom. The first-order valence-corrected chi connectivity index (χ1v) is 8.08. The number of halogens is 1. The molecule has 0 unspecified atom stereocenters. The summed E-state index contributed by atoms with van der Waals surface area (Å²) in [5.74, 6) is 0.401. The SMILES string of the molecule is CCOc1cc(/C=C(\C#N)C(=O)Nc2ccc(O)cc2)c(Cl)cc1OC. The number of hydrogen-bond acceptors (Lipinski definition) is 5. The molecule has 0 aliphatic carbocycles. The second kappa shape index (κ2) is 8.79. The molecule has 0 atom stereocenters. The van der Waals surface area contributed by atoms with E-state index in [1.54, 1.807) is 12.1 Å². The van der Waals surface area contributed by atoms with Crippen molar-refractivity contribution in [1.82, 2.24) is 0 Å². The van der Waals surface area contributed by atoms with Crippen LogP contribution in [0.3, 0.4) is 0 Å². The Morgan fingerprint density at radius 3 is 2.58 bits per heavy atom. The first-order chi connectivity index (χ1) is 12.5. The number of amides is 1. The Morgan fingerprint density at radius 1 is 1.31 bits per heavy atom. The zero-order chi connectivity index (χ0) is 19.1. The monoisotopic (exact) mass is 372 g/mol. The fourth-order valence-electron chi connectivity index (χ4n) is 2.14. The molecule has 2 aromatic carbocycles.